The molecule has 7 nitrogen and oxygen atoms in total. The van der Waals surface area contributed by atoms with Gasteiger partial charge < -0.3 is 24.7 Å². The average Bonchev–Trinajstić information content (AvgIpc) is 2.82. The number of nitrogens with one attached hydrogen (secondary N) is 1. The average molecular weight is 462 g/mol. The number of amides is 1. The number of nitriles is 1. The summed E-state index contributed by atoms with van der Waals surface area (Å²) in [6.45, 7) is 0.265. The molecule has 0 aliphatic rings. The van der Waals surface area contributed by atoms with Crippen LogP contribution in [-0.2, 0) is 11.4 Å². The molecule has 0 saturated heterocycles. The highest BCUT2D eigenvalue weighted by Gasteiger charge is 2.12. The molecular weight excluding hydrogens is 444 g/mol. The molecule has 8 heteroatoms. The number of nitrogens with zero attached hydrogens (tertiary/aromatic N) is 1. The van der Waals surface area contributed by atoms with Crippen LogP contribution < -0.4 is 19.9 Å². The summed E-state index contributed by atoms with van der Waals surface area (Å²) in [7, 11) is 1.51. The van der Waals surface area contributed by atoms with Crippen molar-refractivity contribution in [2.24, 2.45) is 0 Å². The first-order valence-corrected chi connectivity index (χ1v) is 10.1. The van der Waals surface area contributed by atoms with Gasteiger partial charge in [-0.1, -0.05) is 41.9 Å². The standard InChI is InChI=1S/C25H19ClN2O5/c1-32-22-10-7-17(12-23(22)33-15-16-5-8-20(26)9-6-16)11-19(14-27)24(29)28-21-4-2-3-18(13-21)25(30)31/h2-13H,15H2,1H3,(H,28,29)(H,30,31)/p-1. The van der Waals surface area contributed by atoms with Gasteiger partial charge >= 0.3 is 0 Å². The van der Waals surface area contributed by atoms with Crippen LogP contribution in [0, 0.1) is 11.3 Å². The van der Waals surface area contributed by atoms with E-state index >= 15 is 0 Å². The van der Waals surface area contributed by atoms with E-state index in [4.69, 9.17) is 21.1 Å². The Morgan fingerprint density at radius 1 is 1.09 bits per heavy atom. The summed E-state index contributed by atoms with van der Waals surface area (Å²) in [5, 5.41) is 23.6. The molecule has 166 valence electrons. The first-order chi connectivity index (χ1) is 15.9. The summed E-state index contributed by atoms with van der Waals surface area (Å²) < 4.78 is 11.2. The smallest absolute Gasteiger partial charge is 0.266 e. The zero-order chi connectivity index (χ0) is 23.8. The van der Waals surface area contributed by atoms with E-state index in [1.807, 2.05) is 18.2 Å². The fourth-order valence-corrected chi connectivity index (χ4v) is 3.00. The predicted molar refractivity (Wildman–Crippen MR) is 122 cm³/mol. The van der Waals surface area contributed by atoms with E-state index in [1.54, 1.807) is 30.3 Å². The zero-order valence-corrected chi connectivity index (χ0v) is 18.3. The Balaban J connectivity index is 1.79. The molecule has 0 aliphatic heterocycles. The highest BCUT2D eigenvalue weighted by Crippen LogP contribution is 2.30. The second-order valence-corrected chi connectivity index (χ2v) is 7.25. The number of benzene rings is 3. The highest BCUT2D eigenvalue weighted by molar-refractivity contribution is 6.30. The molecule has 1 N–H and O–H groups in total. The van der Waals surface area contributed by atoms with Crippen LogP contribution >= 0.6 is 11.6 Å². The molecule has 0 fully saturated rings. The van der Waals surface area contributed by atoms with E-state index in [2.05, 4.69) is 5.32 Å². The van der Waals surface area contributed by atoms with Gasteiger partial charge in [-0.3, -0.25) is 4.79 Å². The largest absolute Gasteiger partial charge is 0.545 e. The SMILES string of the molecule is COc1ccc(C=C(C#N)C(=O)Nc2cccc(C(=O)[O-])c2)cc1OCc1ccc(Cl)cc1. The van der Waals surface area contributed by atoms with E-state index in [9.17, 15) is 20.0 Å². The van der Waals surface area contributed by atoms with Crippen LogP contribution in [0.3, 0.4) is 0 Å². The Morgan fingerprint density at radius 2 is 1.85 bits per heavy atom. The lowest BCUT2D eigenvalue weighted by Crippen LogP contribution is -2.22. The minimum absolute atomic E-state index is 0.0899. The molecular formula is C25H18ClN2O5-. The van der Waals surface area contributed by atoms with E-state index in [0.717, 1.165) is 5.56 Å². The van der Waals surface area contributed by atoms with Crippen LogP contribution in [-0.4, -0.2) is 19.0 Å². The molecule has 0 heterocycles. The summed E-state index contributed by atoms with van der Waals surface area (Å²) in [6.07, 6.45) is 1.40. The maximum absolute atomic E-state index is 12.5. The molecule has 0 bridgehead atoms. The van der Waals surface area contributed by atoms with Gasteiger partial charge in [0.25, 0.3) is 5.91 Å². The first kappa shape index (κ1) is 23.4. The summed E-state index contributed by atoms with van der Waals surface area (Å²) >= 11 is 5.90. The number of halogens is 1. The summed E-state index contributed by atoms with van der Waals surface area (Å²) in [4.78, 5) is 23.5. The molecule has 0 aromatic heterocycles. The van der Waals surface area contributed by atoms with E-state index in [0.29, 0.717) is 22.1 Å². The van der Waals surface area contributed by atoms with Crippen LogP contribution in [0.1, 0.15) is 21.5 Å². The fourth-order valence-electron chi connectivity index (χ4n) is 2.88. The normalized spacial score (nSPS) is 10.8. The minimum atomic E-state index is -1.37. The number of carboxylic acids is 1. The lowest BCUT2D eigenvalue weighted by atomic mass is 10.1. The number of methoxy groups -OCH3 is 1. The van der Waals surface area contributed by atoms with Gasteiger partial charge in [0.1, 0.15) is 18.2 Å². The van der Waals surface area contributed by atoms with Crippen LogP contribution in [0.25, 0.3) is 6.08 Å². The third kappa shape index (κ3) is 6.35. The second-order valence-electron chi connectivity index (χ2n) is 6.82. The maximum Gasteiger partial charge on any atom is 0.266 e. The van der Waals surface area contributed by atoms with Gasteiger partial charge in [0, 0.05) is 10.7 Å². The van der Waals surface area contributed by atoms with Crippen molar-refractivity contribution in [3.05, 3.63) is 94.0 Å². The van der Waals surface area contributed by atoms with Gasteiger partial charge in [-0.05, 0) is 59.2 Å². The monoisotopic (exact) mass is 461 g/mol. The van der Waals surface area contributed by atoms with Crippen LogP contribution in [0.5, 0.6) is 11.5 Å². The second kappa shape index (κ2) is 10.8. The highest BCUT2D eigenvalue weighted by atomic mass is 35.5. The van der Waals surface area contributed by atoms with Crippen molar-refractivity contribution in [2.75, 3.05) is 12.4 Å². The molecule has 0 spiro atoms. The third-order valence-corrected chi connectivity index (χ3v) is 4.78. The Bertz CT molecular complexity index is 1250. The number of rotatable bonds is 8. The molecule has 0 unspecified atom stereocenters. The van der Waals surface area contributed by atoms with Gasteiger partial charge in [-0.25, -0.2) is 0 Å². The summed E-state index contributed by atoms with van der Waals surface area (Å²) in [5.74, 6) is -1.14. The summed E-state index contributed by atoms with van der Waals surface area (Å²) in [6, 6.07) is 19.6. The Kier molecular flexibility index (Phi) is 7.68. The number of carboxylic acid groups (broad SMARTS) is 1. The quantitative estimate of drug-likeness (QED) is 0.403. The predicted octanol–water partition coefficient (Wildman–Crippen LogP) is 3.84. The molecule has 0 atom stereocenters. The molecule has 0 saturated carbocycles. The van der Waals surface area contributed by atoms with Crippen LogP contribution in [0.2, 0.25) is 5.02 Å². The van der Waals surface area contributed by atoms with E-state index in [-0.39, 0.29) is 23.4 Å². The summed E-state index contributed by atoms with van der Waals surface area (Å²) in [5.41, 5.74) is 1.40. The number of aromatic carboxylic acids is 1. The van der Waals surface area contributed by atoms with Gasteiger partial charge in [-0.15, -0.1) is 0 Å². The van der Waals surface area contributed by atoms with E-state index in [1.165, 1.54) is 37.5 Å². The maximum atomic E-state index is 12.5. The Labute approximate surface area is 195 Å². The van der Waals surface area contributed by atoms with Crippen molar-refractivity contribution in [3.8, 4) is 17.6 Å². The number of carbonyl (C=O) groups excluding carboxylic acids is 2. The molecule has 1 amide bonds. The third-order valence-electron chi connectivity index (χ3n) is 4.53. The van der Waals surface area contributed by atoms with Gasteiger partial charge in [-0.2, -0.15) is 5.26 Å². The van der Waals surface area contributed by atoms with E-state index < -0.39 is 11.9 Å². The Hall–Kier alpha value is -4.28. The van der Waals surface area contributed by atoms with Crippen molar-refractivity contribution >= 4 is 35.2 Å². The number of hydrogen-bond acceptors (Lipinski definition) is 6. The molecule has 3 aromatic rings. The molecule has 0 aliphatic carbocycles. The minimum Gasteiger partial charge on any atom is -0.545 e. The molecule has 3 aromatic carbocycles. The van der Waals surface area contributed by atoms with Gasteiger partial charge in [0.05, 0.1) is 13.1 Å². The van der Waals surface area contributed by atoms with Crippen molar-refractivity contribution in [1.29, 1.82) is 5.26 Å². The Morgan fingerprint density at radius 3 is 2.52 bits per heavy atom. The van der Waals surface area contributed by atoms with Crippen molar-refractivity contribution in [2.45, 2.75) is 6.61 Å². The lowest BCUT2D eigenvalue weighted by Gasteiger charge is -2.12. The molecule has 0 radical (unpaired) electrons. The molecule has 3 rings (SSSR count). The lowest BCUT2D eigenvalue weighted by molar-refractivity contribution is -0.255. The van der Waals surface area contributed by atoms with Gasteiger partial charge in [0.2, 0.25) is 0 Å². The number of hydrogen-bond donors (Lipinski definition) is 1. The number of anilines is 1. The van der Waals surface area contributed by atoms with Crippen molar-refractivity contribution in [3.63, 3.8) is 0 Å². The molecule has 33 heavy (non-hydrogen) atoms. The van der Waals surface area contributed by atoms with Crippen molar-refractivity contribution in [1.82, 2.24) is 0 Å². The first-order valence-electron chi connectivity index (χ1n) is 9.69. The topological polar surface area (TPSA) is 111 Å². The van der Waals surface area contributed by atoms with Crippen molar-refractivity contribution < 1.29 is 24.2 Å². The van der Waals surface area contributed by atoms with Gasteiger partial charge in [0.15, 0.2) is 11.5 Å². The number of ether oxygens (including phenoxy) is 2. The zero-order valence-electron chi connectivity index (χ0n) is 17.5. The van der Waals surface area contributed by atoms with Crippen LogP contribution in [0.15, 0.2) is 72.3 Å². The van der Waals surface area contributed by atoms with Crippen LogP contribution in [0.4, 0.5) is 5.69 Å². The number of carbonyl (C=O) groups is 2. The fraction of sp³-hybridized carbons (Fsp3) is 0.0800.